The first-order valence-electron chi connectivity index (χ1n) is 8.26. The molecule has 3 heteroatoms. The zero-order valence-electron chi connectivity index (χ0n) is 12.4. The smallest absolute Gasteiger partial charge is 0.238 e. The lowest BCUT2D eigenvalue weighted by Gasteiger charge is -2.44. The molecule has 3 N–H and O–H groups in total. The molecule has 19 heavy (non-hydrogen) atoms. The van der Waals surface area contributed by atoms with Crippen molar-refractivity contribution in [1.82, 2.24) is 5.32 Å². The Kier molecular flexibility index (Phi) is 5.26. The molecule has 2 atom stereocenters. The minimum Gasteiger partial charge on any atom is -0.368 e. The molecule has 0 radical (unpaired) electrons. The summed E-state index contributed by atoms with van der Waals surface area (Å²) < 4.78 is 0. The third kappa shape index (κ3) is 3.31. The lowest BCUT2D eigenvalue weighted by atomic mass is 9.70. The number of carbonyl (C=O) groups is 1. The van der Waals surface area contributed by atoms with Crippen LogP contribution in [-0.4, -0.2) is 17.5 Å². The highest BCUT2D eigenvalue weighted by atomic mass is 16.1. The average molecular weight is 266 g/mol. The second kappa shape index (κ2) is 6.74. The van der Waals surface area contributed by atoms with E-state index in [4.69, 9.17) is 5.73 Å². The maximum Gasteiger partial charge on any atom is 0.238 e. The molecule has 0 aromatic carbocycles. The molecule has 0 saturated heterocycles. The number of amides is 1. The molecular formula is C16H30N2O. The van der Waals surface area contributed by atoms with Gasteiger partial charge >= 0.3 is 0 Å². The monoisotopic (exact) mass is 266 g/mol. The number of hydrogen-bond donors (Lipinski definition) is 2. The van der Waals surface area contributed by atoms with Gasteiger partial charge in [0.25, 0.3) is 0 Å². The van der Waals surface area contributed by atoms with Gasteiger partial charge in [-0.2, -0.15) is 0 Å². The van der Waals surface area contributed by atoms with Crippen LogP contribution in [0.15, 0.2) is 0 Å². The molecule has 0 spiro atoms. The summed E-state index contributed by atoms with van der Waals surface area (Å²) in [6.07, 6.45) is 13.2. The van der Waals surface area contributed by atoms with E-state index in [-0.39, 0.29) is 5.91 Å². The van der Waals surface area contributed by atoms with Gasteiger partial charge in [0.2, 0.25) is 5.91 Å². The Morgan fingerprint density at radius 1 is 1.11 bits per heavy atom. The Labute approximate surface area is 117 Å². The van der Waals surface area contributed by atoms with Crippen molar-refractivity contribution >= 4 is 5.91 Å². The standard InChI is InChI=1S/C16H30N2O/c1-2-13-9-7-8-12-16(13,15(17)19)18-14-10-5-3-4-6-11-14/h13-14,18H,2-12H2,1H3,(H2,17,19). The molecule has 2 unspecified atom stereocenters. The summed E-state index contributed by atoms with van der Waals surface area (Å²) in [5, 5.41) is 3.74. The van der Waals surface area contributed by atoms with E-state index in [9.17, 15) is 4.79 Å². The van der Waals surface area contributed by atoms with E-state index in [0.717, 1.165) is 25.7 Å². The first-order valence-corrected chi connectivity index (χ1v) is 8.26. The van der Waals surface area contributed by atoms with Crippen molar-refractivity contribution in [3.63, 3.8) is 0 Å². The zero-order chi connectivity index (χ0) is 13.7. The van der Waals surface area contributed by atoms with Gasteiger partial charge < -0.3 is 11.1 Å². The van der Waals surface area contributed by atoms with E-state index in [2.05, 4.69) is 12.2 Å². The van der Waals surface area contributed by atoms with Crippen molar-refractivity contribution in [2.75, 3.05) is 0 Å². The van der Waals surface area contributed by atoms with Gasteiger partial charge in [-0.3, -0.25) is 4.79 Å². The number of nitrogens with one attached hydrogen (secondary N) is 1. The fourth-order valence-electron chi connectivity index (χ4n) is 4.17. The largest absolute Gasteiger partial charge is 0.368 e. The summed E-state index contributed by atoms with van der Waals surface area (Å²) >= 11 is 0. The molecule has 0 heterocycles. The Balaban J connectivity index is 2.10. The molecule has 0 aromatic heterocycles. The predicted octanol–water partition coefficient (Wildman–Crippen LogP) is 3.12. The van der Waals surface area contributed by atoms with Gasteiger partial charge in [0, 0.05) is 6.04 Å². The molecule has 0 aromatic rings. The molecule has 2 fully saturated rings. The van der Waals surface area contributed by atoms with E-state index in [1.807, 2.05) is 0 Å². The van der Waals surface area contributed by atoms with Gasteiger partial charge in [-0.05, 0) is 31.6 Å². The predicted molar refractivity (Wildman–Crippen MR) is 78.8 cm³/mol. The third-order valence-electron chi connectivity index (χ3n) is 5.32. The normalized spacial score (nSPS) is 33.8. The van der Waals surface area contributed by atoms with Crippen molar-refractivity contribution in [2.45, 2.75) is 89.1 Å². The van der Waals surface area contributed by atoms with Gasteiger partial charge in [0.1, 0.15) is 5.54 Å². The van der Waals surface area contributed by atoms with Crippen molar-refractivity contribution in [2.24, 2.45) is 11.7 Å². The highest BCUT2D eigenvalue weighted by Crippen LogP contribution is 2.37. The summed E-state index contributed by atoms with van der Waals surface area (Å²) in [6.45, 7) is 2.20. The molecule has 1 amide bonds. The molecule has 110 valence electrons. The summed E-state index contributed by atoms with van der Waals surface area (Å²) in [5.41, 5.74) is 5.41. The van der Waals surface area contributed by atoms with Crippen LogP contribution >= 0.6 is 0 Å². The van der Waals surface area contributed by atoms with Crippen LogP contribution in [0.1, 0.15) is 77.6 Å². The highest BCUT2D eigenvalue weighted by molar-refractivity contribution is 5.85. The van der Waals surface area contributed by atoms with E-state index in [1.54, 1.807) is 0 Å². The molecule has 3 nitrogen and oxygen atoms in total. The van der Waals surface area contributed by atoms with Crippen molar-refractivity contribution in [1.29, 1.82) is 0 Å². The van der Waals surface area contributed by atoms with E-state index >= 15 is 0 Å². The Hall–Kier alpha value is -0.570. The van der Waals surface area contributed by atoms with Crippen LogP contribution in [0.5, 0.6) is 0 Å². The van der Waals surface area contributed by atoms with Crippen LogP contribution in [0.2, 0.25) is 0 Å². The molecule has 0 aliphatic heterocycles. The Morgan fingerprint density at radius 2 is 1.74 bits per heavy atom. The van der Waals surface area contributed by atoms with Gasteiger partial charge in [-0.15, -0.1) is 0 Å². The number of nitrogens with two attached hydrogens (primary N) is 1. The number of primary amides is 1. The zero-order valence-corrected chi connectivity index (χ0v) is 12.4. The first-order chi connectivity index (χ1) is 9.19. The van der Waals surface area contributed by atoms with Crippen LogP contribution in [0.3, 0.4) is 0 Å². The topological polar surface area (TPSA) is 55.1 Å². The Morgan fingerprint density at radius 3 is 2.32 bits per heavy atom. The highest BCUT2D eigenvalue weighted by Gasteiger charge is 2.45. The summed E-state index contributed by atoms with van der Waals surface area (Å²) in [4.78, 5) is 12.2. The van der Waals surface area contributed by atoms with E-state index < -0.39 is 5.54 Å². The molecule has 2 saturated carbocycles. The fourth-order valence-corrected chi connectivity index (χ4v) is 4.17. The summed E-state index contributed by atoms with van der Waals surface area (Å²) in [7, 11) is 0. The second-order valence-corrected chi connectivity index (χ2v) is 6.52. The lowest BCUT2D eigenvalue weighted by molar-refractivity contribution is -0.129. The van der Waals surface area contributed by atoms with Gasteiger partial charge in [-0.1, -0.05) is 51.9 Å². The van der Waals surface area contributed by atoms with Crippen molar-refractivity contribution < 1.29 is 4.79 Å². The molecule has 2 aliphatic rings. The van der Waals surface area contributed by atoms with Crippen LogP contribution in [0.4, 0.5) is 0 Å². The maximum atomic E-state index is 12.2. The first kappa shape index (κ1) is 14.8. The molecular weight excluding hydrogens is 236 g/mol. The lowest BCUT2D eigenvalue weighted by Crippen LogP contribution is -2.63. The van der Waals surface area contributed by atoms with Crippen LogP contribution in [0, 0.1) is 5.92 Å². The summed E-state index contributed by atoms with van der Waals surface area (Å²) in [5.74, 6) is 0.324. The van der Waals surface area contributed by atoms with Crippen molar-refractivity contribution in [3.05, 3.63) is 0 Å². The quantitative estimate of drug-likeness (QED) is 0.768. The van der Waals surface area contributed by atoms with Gasteiger partial charge in [0.05, 0.1) is 0 Å². The minimum atomic E-state index is -0.415. The van der Waals surface area contributed by atoms with Crippen LogP contribution in [-0.2, 0) is 4.79 Å². The number of carbonyl (C=O) groups excluding carboxylic acids is 1. The summed E-state index contributed by atoms with van der Waals surface area (Å²) in [6, 6.07) is 0.502. The number of hydrogen-bond acceptors (Lipinski definition) is 2. The van der Waals surface area contributed by atoms with Crippen LogP contribution < -0.4 is 11.1 Å². The number of rotatable bonds is 4. The van der Waals surface area contributed by atoms with Gasteiger partial charge in [0.15, 0.2) is 0 Å². The minimum absolute atomic E-state index is 0.108. The SMILES string of the molecule is CCC1CCCCC1(NC1CCCCCC1)C(N)=O. The molecule has 0 bridgehead atoms. The fraction of sp³-hybridized carbons (Fsp3) is 0.938. The second-order valence-electron chi connectivity index (χ2n) is 6.52. The van der Waals surface area contributed by atoms with Crippen molar-refractivity contribution in [3.8, 4) is 0 Å². The van der Waals surface area contributed by atoms with E-state index in [1.165, 1.54) is 44.9 Å². The third-order valence-corrected chi connectivity index (χ3v) is 5.32. The average Bonchev–Trinajstić information content (AvgIpc) is 2.67. The molecule has 2 aliphatic carbocycles. The maximum absolute atomic E-state index is 12.2. The molecule has 2 rings (SSSR count). The van der Waals surface area contributed by atoms with E-state index in [0.29, 0.717) is 12.0 Å². The van der Waals surface area contributed by atoms with Crippen LogP contribution in [0.25, 0.3) is 0 Å². The Bertz CT molecular complexity index is 297. The van der Waals surface area contributed by atoms with Gasteiger partial charge in [-0.25, -0.2) is 0 Å².